The van der Waals surface area contributed by atoms with Crippen LogP contribution in [0.5, 0.6) is 5.75 Å². The molecule has 1 aliphatic heterocycles. The number of nitrogens with one attached hydrogen (secondary N) is 1. The number of carbonyl (C=O) groups is 1. The number of ether oxygens (including phenoxy) is 1. The van der Waals surface area contributed by atoms with Crippen LogP contribution < -0.4 is 15.0 Å². The van der Waals surface area contributed by atoms with E-state index in [0.717, 1.165) is 36.6 Å². The molecule has 4 heterocycles. The van der Waals surface area contributed by atoms with Crippen LogP contribution in [0.2, 0.25) is 0 Å². The Kier molecular flexibility index (Phi) is 19.3. The monoisotopic (exact) mass is 559 g/mol. The number of aromatic nitrogens is 3. The predicted molar refractivity (Wildman–Crippen MR) is 167 cm³/mol. The summed E-state index contributed by atoms with van der Waals surface area (Å²) in [5.74, 6) is 0.841. The van der Waals surface area contributed by atoms with E-state index in [1.807, 2.05) is 69.7 Å². The lowest BCUT2D eigenvalue weighted by Crippen LogP contribution is -2.54. The quantitative estimate of drug-likeness (QED) is 0.315. The second-order valence-corrected chi connectivity index (χ2v) is 9.34. The predicted octanol–water partition coefficient (Wildman–Crippen LogP) is 7.52. The lowest BCUT2D eigenvalue weighted by atomic mass is 10.0. The van der Waals surface area contributed by atoms with Crippen molar-refractivity contribution in [1.82, 2.24) is 19.7 Å². The van der Waals surface area contributed by atoms with E-state index in [1.165, 1.54) is 23.4 Å². The van der Waals surface area contributed by atoms with Gasteiger partial charge in [-0.15, -0.1) is 0 Å². The maximum absolute atomic E-state index is 11.1. The lowest BCUT2D eigenvalue weighted by Gasteiger charge is -2.38. The Labute approximate surface area is 242 Å². The topological polar surface area (TPSA) is 71.8 Å². The molecule has 1 saturated heterocycles. The van der Waals surface area contributed by atoms with E-state index < -0.39 is 6.04 Å². The molecule has 8 heteroatoms. The van der Waals surface area contributed by atoms with Crippen molar-refractivity contribution in [2.75, 3.05) is 25.1 Å². The number of piperazine rings is 1. The zero-order chi connectivity index (χ0) is 30.7. The highest BCUT2D eigenvalue weighted by Gasteiger charge is 2.23. The third-order valence-corrected chi connectivity index (χ3v) is 5.88. The van der Waals surface area contributed by atoms with Gasteiger partial charge in [0.25, 0.3) is 0 Å². The Balaban J connectivity index is 0.000000596. The molecule has 3 aromatic heterocycles. The first kappa shape index (κ1) is 37.0. The molecule has 40 heavy (non-hydrogen) atoms. The molecule has 1 aliphatic rings. The number of pyridine rings is 2. The zero-order valence-electron chi connectivity index (χ0n) is 26.8. The van der Waals surface area contributed by atoms with E-state index in [-0.39, 0.29) is 6.42 Å². The van der Waals surface area contributed by atoms with Crippen LogP contribution in [0.15, 0.2) is 36.8 Å². The van der Waals surface area contributed by atoms with Gasteiger partial charge in [-0.05, 0) is 58.2 Å². The number of imidazole rings is 1. The van der Waals surface area contributed by atoms with Gasteiger partial charge in [-0.25, -0.2) is 4.98 Å². The summed E-state index contributed by atoms with van der Waals surface area (Å²) in [7, 11) is 1.65. The number of rotatable bonds is 6. The molecular weight excluding hydrogens is 505 g/mol. The minimum Gasteiger partial charge on any atom is -0.497 e. The maximum Gasteiger partial charge on any atom is 0.301 e. The molecule has 7 nitrogen and oxygen atoms in total. The van der Waals surface area contributed by atoms with Crippen molar-refractivity contribution in [3.05, 3.63) is 53.7 Å². The van der Waals surface area contributed by atoms with Gasteiger partial charge in [-0.3, -0.25) is 9.78 Å². The van der Waals surface area contributed by atoms with Crippen molar-refractivity contribution >= 4 is 17.4 Å². The first-order chi connectivity index (χ1) is 19.2. The number of aryl methyl sites for hydroxylation is 2. The van der Waals surface area contributed by atoms with E-state index in [2.05, 4.69) is 53.9 Å². The van der Waals surface area contributed by atoms with Crippen LogP contribution in [0.4, 0.5) is 10.1 Å². The molecule has 3 aromatic rings. The van der Waals surface area contributed by atoms with Crippen LogP contribution in [-0.4, -0.2) is 52.7 Å². The summed E-state index contributed by atoms with van der Waals surface area (Å²) in [6.07, 6.45) is 8.85. The van der Waals surface area contributed by atoms with Gasteiger partial charge in [0, 0.05) is 67.6 Å². The molecule has 2 unspecified atom stereocenters. The fraction of sp³-hybridized carbons (Fsp3) is 0.594. The number of carbonyl (C=O) groups excluding carboxylic acids is 1. The average molecular weight is 560 g/mol. The molecule has 0 spiro atoms. The molecule has 1 fully saturated rings. The van der Waals surface area contributed by atoms with Crippen molar-refractivity contribution < 1.29 is 13.9 Å². The normalized spacial score (nSPS) is 15.7. The van der Waals surface area contributed by atoms with Crippen molar-refractivity contribution in [1.29, 1.82) is 0 Å². The van der Waals surface area contributed by atoms with Crippen LogP contribution in [0.25, 0.3) is 5.65 Å². The van der Waals surface area contributed by atoms with E-state index in [0.29, 0.717) is 18.5 Å². The maximum atomic E-state index is 11.1. The molecule has 0 amide bonds. The highest BCUT2D eigenvalue weighted by molar-refractivity contribution is 5.67. The smallest absolute Gasteiger partial charge is 0.301 e. The van der Waals surface area contributed by atoms with Gasteiger partial charge in [0.1, 0.15) is 11.4 Å². The summed E-state index contributed by atoms with van der Waals surface area (Å²) in [5.41, 5.74) is 5.95. The fourth-order valence-corrected chi connectivity index (χ4v) is 4.38. The van der Waals surface area contributed by atoms with Crippen LogP contribution in [-0.2, 0) is 11.2 Å². The third-order valence-electron chi connectivity index (χ3n) is 5.88. The Morgan fingerprint density at radius 2 is 1.70 bits per heavy atom. The summed E-state index contributed by atoms with van der Waals surface area (Å²) in [6, 6.07) is 5.90. The minimum atomic E-state index is -1.21. The van der Waals surface area contributed by atoms with Gasteiger partial charge < -0.3 is 19.4 Å². The van der Waals surface area contributed by atoms with Crippen LogP contribution >= 0.6 is 0 Å². The SMILES string of the molecule is CC.CC.CCCC(=O)F.CCCc1c(N2CC(C)NC(C)C2)ccnc1C.COc1ccn2cc(C)nc2c1. The number of nitrogens with zero attached hydrogens (tertiary/aromatic N) is 4. The average Bonchev–Trinajstić information content (AvgIpc) is 3.31. The highest BCUT2D eigenvalue weighted by Crippen LogP contribution is 2.25. The number of halogens is 1. The van der Waals surface area contributed by atoms with E-state index in [9.17, 15) is 9.18 Å². The Morgan fingerprint density at radius 3 is 2.20 bits per heavy atom. The third kappa shape index (κ3) is 12.9. The standard InChI is InChI=1S/C15H25N3.C9H10N2O.C4H7FO.2C2H6/c1-5-6-14-13(4)16-8-7-15(14)18-9-11(2)17-12(3)10-18;1-7-6-11-4-3-8(12-2)5-9(11)10-7;1-2-3-4(5)6;2*1-2/h7-8,11-12,17H,5-6,9-10H2,1-4H3;3-6H,1-2H3;2-3H2,1H3;2*1-2H3. The summed E-state index contributed by atoms with van der Waals surface area (Å²) >= 11 is 0. The summed E-state index contributed by atoms with van der Waals surface area (Å²) in [4.78, 5) is 20.7. The fourth-order valence-electron chi connectivity index (χ4n) is 4.38. The van der Waals surface area contributed by atoms with Gasteiger partial charge in [0.2, 0.25) is 0 Å². The molecule has 0 bridgehead atoms. The summed E-state index contributed by atoms with van der Waals surface area (Å²) in [5, 5.41) is 3.59. The lowest BCUT2D eigenvalue weighted by molar-refractivity contribution is -0.129. The number of hydrogen-bond donors (Lipinski definition) is 1. The molecule has 0 aliphatic carbocycles. The number of methoxy groups -OCH3 is 1. The molecule has 0 radical (unpaired) electrons. The Morgan fingerprint density at radius 1 is 1.07 bits per heavy atom. The number of hydrogen-bond acceptors (Lipinski definition) is 6. The number of anilines is 1. The van der Waals surface area contributed by atoms with Crippen molar-refractivity contribution in [3.8, 4) is 5.75 Å². The van der Waals surface area contributed by atoms with Crippen molar-refractivity contribution in [2.24, 2.45) is 0 Å². The van der Waals surface area contributed by atoms with Gasteiger partial charge in [0.15, 0.2) is 0 Å². The number of fused-ring (bicyclic) bond motifs is 1. The minimum absolute atomic E-state index is 0.0694. The van der Waals surface area contributed by atoms with Crippen molar-refractivity contribution in [2.45, 2.75) is 107 Å². The molecule has 0 aromatic carbocycles. The molecular formula is C32H54FN5O2. The molecule has 2 atom stereocenters. The first-order valence-electron chi connectivity index (χ1n) is 14.8. The van der Waals surface area contributed by atoms with Crippen LogP contribution in [0.1, 0.15) is 91.6 Å². The molecule has 226 valence electrons. The van der Waals surface area contributed by atoms with Crippen LogP contribution in [0, 0.1) is 13.8 Å². The Hall–Kier alpha value is -3.00. The summed E-state index contributed by atoms with van der Waals surface area (Å²) < 4.78 is 18.1. The van der Waals surface area contributed by atoms with E-state index in [1.54, 1.807) is 14.0 Å². The van der Waals surface area contributed by atoms with E-state index >= 15 is 0 Å². The second kappa shape index (κ2) is 20.8. The highest BCUT2D eigenvalue weighted by atomic mass is 19.1. The Bertz CT molecular complexity index is 1090. The first-order valence-corrected chi connectivity index (χ1v) is 14.8. The largest absolute Gasteiger partial charge is 0.497 e. The van der Waals surface area contributed by atoms with Gasteiger partial charge >= 0.3 is 6.04 Å². The van der Waals surface area contributed by atoms with Gasteiger partial charge in [-0.2, -0.15) is 4.39 Å². The van der Waals surface area contributed by atoms with Crippen molar-refractivity contribution in [3.63, 3.8) is 0 Å². The molecule has 1 N–H and O–H groups in total. The zero-order valence-corrected chi connectivity index (χ0v) is 26.8. The van der Waals surface area contributed by atoms with Crippen LogP contribution in [0.3, 0.4) is 0 Å². The second-order valence-electron chi connectivity index (χ2n) is 9.34. The van der Waals surface area contributed by atoms with E-state index in [4.69, 9.17) is 4.74 Å². The molecule has 0 saturated carbocycles. The summed E-state index contributed by atoms with van der Waals surface area (Å²) in [6.45, 7) is 22.8. The van der Waals surface area contributed by atoms with Gasteiger partial charge in [-0.1, -0.05) is 48.0 Å². The molecule has 4 rings (SSSR count). The van der Waals surface area contributed by atoms with Gasteiger partial charge in [0.05, 0.1) is 12.8 Å².